The van der Waals surface area contributed by atoms with E-state index in [1.807, 2.05) is 23.7 Å². The van der Waals surface area contributed by atoms with Gasteiger partial charge in [0, 0.05) is 44.0 Å². The van der Waals surface area contributed by atoms with E-state index < -0.39 is 0 Å². The molecule has 0 amide bonds. The lowest BCUT2D eigenvalue weighted by Gasteiger charge is -2.38. The number of nitrogens with zero attached hydrogens (tertiary/aromatic N) is 5. The minimum absolute atomic E-state index is 0.150. The third-order valence-electron chi connectivity index (χ3n) is 4.93. The minimum Gasteiger partial charge on any atom is -0.363 e. The topological polar surface area (TPSA) is 75.4 Å². The number of rotatable bonds is 4. The van der Waals surface area contributed by atoms with Gasteiger partial charge in [-0.3, -0.25) is 20.0 Å². The fourth-order valence-corrected chi connectivity index (χ4v) is 4.25. The average molecular weight is 369 g/mol. The second-order valence-electron chi connectivity index (χ2n) is 6.33. The molecule has 8 heteroatoms. The number of piperazine rings is 1. The number of pyridine rings is 1. The van der Waals surface area contributed by atoms with Crippen LogP contribution in [0.25, 0.3) is 10.9 Å². The summed E-state index contributed by atoms with van der Waals surface area (Å²) < 4.78 is 0. The molecule has 1 unspecified atom stereocenters. The van der Waals surface area contributed by atoms with Crippen LogP contribution < -0.4 is 4.90 Å². The van der Waals surface area contributed by atoms with Gasteiger partial charge in [0.1, 0.15) is 10.7 Å². The van der Waals surface area contributed by atoms with Crippen molar-refractivity contribution in [3.05, 3.63) is 57.2 Å². The van der Waals surface area contributed by atoms with Gasteiger partial charge in [-0.2, -0.15) is 0 Å². The maximum absolute atomic E-state index is 11.7. The SMILES string of the molecule is CC(c1nccs1)N1CCN(c2ccc3ncccc3c2[N+](=O)[O-])CC1. The van der Waals surface area contributed by atoms with Crippen LogP contribution in [0.3, 0.4) is 0 Å². The van der Waals surface area contributed by atoms with E-state index in [2.05, 4.69) is 26.7 Å². The lowest BCUT2D eigenvalue weighted by Crippen LogP contribution is -2.47. The summed E-state index contributed by atoms with van der Waals surface area (Å²) in [6.45, 7) is 5.37. The molecule has 0 spiro atoms. The Morgan fingerprint density at radius 3 is 2.65 bits per heavy atom. The third kappa shape index (κ3) is 3.02. The second-order valence-corrected chi connectivity index (χ2v) is 7.26. The molecular weight excluding hydrogens is 350 g/mol. The molecule has 1 aliphatic rings. The van der Waals surface area contributed by atoms with Crippen molar-refractivity contribution in [2.45, 2.75) is 13.0 Å². The Labute approximate surface area is 155 Å². The van der Waals surface area contributed by atoms with Gasteiger partial charge < -0.3 is 4.90 Å². The molecule has 0 aliphatic carbocycles. The highest BCUT2D eigenvalue weighted by Gasteiger charge is 2.28. The Kier molecular flexibility index (Phi) is 4.52. The van der Waals surface area contributed by atoms with Gasteiger partial charge in [0.2, 0.25) is 0 Å². The zero-order chi connectivity index (χ0) is 18.1. The fourth-order valence-electron chi connectivity index (χ4n) is 3.52. The lowest BCUT2D eigenvalue weighted by molar-refractivity contribution is -0.382. The summed E-state index contributed by atoms with van der Waals surface area (Å²) in [7, 11) is 0. The number of hydrogen-bond donors (Lipinski definition) is 0. The van der Waals surface area contributed by atoms with E-state index in [0.717, 1.165) is 31.2 Å². The Hall–Kier alpha value is -2.58. The Morgan fingerprint density at radius 1 is 1.15 bits per heavy atom. The van der Waals surface area contributed by atoms with E-state index in [1.54, 1.807) is 29.7 Å². The van der Waals surface area contributed by atoms with Crippen LogP contribution in [-0.4, -0.2) is 46.0 Å². The van der Waals surface area contributed by atoms with Crippen LogP contribution >= 0.6 is 11.3 Å². The first-order valence-electron chi connectivity index (χ1n) is 8.55. The summed E-state index contributed by atoms with van der Waals surface area (Å²) in [6, 6.07) is 7.47. The molecule has 0 bridgehead atoms. The maximum atomic E-state index is 11.7. The van der Waals surface area contributed by atoms with Crippen LogP contribution in [0.4, 0.5) is 11.4 Å². The first kappa shape index (κ1) is 16.9. The van der Waals surface area contributed by atoms with Crippen molar-refractivity contribution in [2.24, 2.45) is 0 Å². The normalized spacial score (nSPS) is 16.7. The van der Waals surface area contributed by atoms with Crippen molar-refractivity contribution in [3.63, 3.8) is 0 Å². The Balaban J connectivity index is 1.58. The summed E-state index contributed by atoms with van der Waals surface area (Å²) >= 11 is 1.67. The molecule has 2 aromatic heterocycles. The standard InChI is InChI=1S/C18H19N5O2S/c1-13(18-20-7-12-26-18)21-8-10-22(11-9-21)16-5-4-15-14(3-2-6-19-15)17(16)23(24)25/h2-7,12-13H,8-11H2,1H3. The quantitative estimate of drug-likeness (QED) is 0.518. The van der Waals surface area contributed by atoms with E-state index in [4.69, 9.17) is 0 Å². The van der Waals surface area contributed by atoms with Crippen LogP contribution in [0.2, 0.25) is 0 Å². The summed E-state index contributed by atoms with van der Waals surface area (Å²) in [5.74, 6) is 0. The maximum Gasteiger partial charge on any atom is 0.301 e. The third-order valence-corrected chi connectivity index (χ3v) is 5.88. The van der Waals surface area contributed by atoms with Crippen molar-refractivity contribution < 1.29 is 4.92 Å². The Bertz CT molecular complexity index is 922. The van der Waals surface area contributed by atoms with Crippen LogP contribution in [0.5, 0.6) is 0 Å². The highest BCUT2D eigenvalue weighted by atomic mass is 32.1. The monoisotopic (exact) mass is 369 g/mol. The molecule has 1 aromatic carbocycles. The number of nitro benzene ring substituents is 1. The molecule has 1 aliphatic heterocycles. The molecule has 1 fully saturated rings. The van der Waals surface area contributed by atoms with Gasteiger partial charge in [-0.25, -0.2) is 4.98 Å². The first-order valence-corrected chi connectivity index (χ1v) is 9.43. The highest BCUT2D eigenvalue weighted by Crippen LogP contribution is 2.36. The molecular formula is C18H19N5O2S. The smallest absolute Gasteiger partial charge is 0.301 e. The molecule has 134 valence electrons. The summed E-state index contributed by atoms with van der Waals surface area (Å²) in [5, 5.41) is 15.4. The number of thiazole rings is 1. The van der Waals surface area contributed by atoms with Crippen LogP contribution in [0, 0.1) is 10.1 Å². The van der Waals surface area contributed by atoms with Crippen molar-refractivity contribution in [3.8, 4) is 0 Å². The first-order chi connectivity index (χ1) is 12.6. The number of hydrogen-bond acceptors (Lipinski definition) is 7. The van der Waals surface area contributed by atoms with Crippen molar-refractivity contribution >= 4 is 33.6 Å². The number of fused-ring (bicyclic) bond motifs is 1. The number of aromatic nitrogens is 2. The van der Waals surface area contributed by atoms with Crippen LogP contribution in [0.1, 0.15) is 18.0 Å². The van der Waals surface area contributed by atoms with E-state index in [-0.39, 0.29) is 16.7 Å². The van der Waals surface area contributed by atoms with E-state index in [1.165, 1.54) is 0 Å². The number of anilines is 1. The largest absolute Gasteiger partial charge is 0.363 e. The summed E-state index contributed by atoms with van der Waals surface area (Å²) in [4.78, 5) is 24.6. The predicted octanol–water partition coefficient (Wildman–Crippen LogP) is 3.48. The van der Waals surface area contributed by atoms with Gasteiger partial charge in [-0.05, 0) is 31.2 Å². The van der Waals surface area contributed by atoms with Crippen LogP contribution in [0.15, 0.2) is 42.0 Å². The van der Waals surface area contributed by atoms with Crippen molar-refractivity contribution in [1.29, 1.82) is 0 Å². The zero-order valence-electron chi connectivity index (χ0n) is 14.4. The number of nitro groups is 1. The molecule has 7 nitrogen and oxygen atoms in total. The van der Waals surface area contributed by atoms with Gasteiger partial charge in [-0.15, -0.1) is 11.3 Å². The molecule has 4 rings (SSSR count). The van der Waals surface area contributed by atoms with Crippen LogP contribution in [-0.2, 0) is 0 Å². The van der Waals surface area contributed by atoms with Gasteiger partial charge in [0.25, 0.3) is 0 Å². The van der Waals surface area contributed by atoms with Gasteiger partial charge in [0.15, 0.2) is 0 Å². The average Bonchev–Trinajstić information content (AvgIpc) is 3.21. The number of benzene rings is 1. The molecule has 1 saturated heterocycles. The lowest BCUT2D eigenvalue weighted by atomic mass is 10.1. The summed E-state index contributed by atoms with van der Waals surface area (Å²) in [5.41, 5.74) is 1.48. The molecule has 0 radical (unpaired) electrons. The predicted molar refractivity (Wildman–Crippen MR) is 103 cm³/mol. The zero-order valence-corrected chi connectivity index (χ0v) is 15.2. The Morgan fingerprint density at radius 2 is 1.96 bits per heavy atom. The van der Waals surface area contributed by atoms with Crippen molar-refractivity contribution in [2.75, 3.05) is 31.1 Å². The van der Waals surface area contributed by atoms with Gasteiger partial charge >= 0.3 is 5.69 Å². The molecule has 26 heavy (non-hydrogen) atoms. The molecule has 3 heterocycles. The molecule has 1 atom stereocenters. The highest BCUT2D eigenvalue weighted by molar-refractivity contribution is 7.09. The van der Waals surface area contributed by atoms with E-state index >= 15 is 0 Å². The molecule has 0 saturated carbocycles. The molecule has 0 N–H and O–H groups in total. The molecule has 3 aromatic rings. The van der Waals surface area contributed by atoms with Gasteiger partial charge in [0.05, 0.1) is 21.9 Å². The van der Waals surface area contributed by atoms with E-state index in [0.29, 0.717) is 16.6 Å². The fraction of sp³-hybridized carbons (Fsp3) is 0.333. The van der Waals surface area contributed by atoms with E-state index in [9.17, 15) is 10.1 Å². The van der Waals surface area contributed by atoms with Crippen molar-refractivity contribution in [1.82, 2.24) is 14.9 Å². The second kappa shape index (κ2) is 6.97. The minimum atomic E-state index is -0.288. The van der Waals surface area contributed by atoms with Gasteiger partial charge in [-0.1, -0.05) is 0 Å². The summed E-state index contributed by atoms with van der Waals surface area (Å²) in [6.07, 6.45) is 3.49.